The van der Waals surface area contributed by atoms with Gasteiger partial charge in [0, 0.05) is 38.6 Å². The van der Waals surface area contributed by atoms with E-state index in [2.05, 4.69) is 320 Å². The number of rotatable bonds is 12. The van der Waals surface area contributed by atoms with Crippen LogP contribution in [0.3, 0.4) is 0 Å². The number of hydrogen-bond acceptors (Lipinski definition) is 3. The standard InChI is InChI=1S/C81H54N4/c1-9-25-55(26-10-1)59-41-45-65(46-42-59)79-82-80(66-47-43-60(44-48-66)56-27-11-2-12-28-56)84-81(83-79)69-51-72(63-37-21-7-22-38-63)78(73(52-69)64-39-23-8-24-40-64)85-74-53-67(57-29-13-3-14-30-57)49-70(61-33-17-5-18-34-61)76(74)77-71(62-35-19-6-20-36-62)50-68(54-75(77)85)58-31-15-4-16-32-58/h1-54H. The van der Waals surface area contributed by atoms with Crippen molar-refractivity contribution in [3.63, 3.8) is 0 Å². The summed E-state index contributed by atoms with van der Waals surface area (Å²) in [5.74, 6) is 1.74. The molecule has 0 spiro atoms. The van der Waals surface area contributed by atoms with Crippen LogP contribution in [0.25, 0.3) is 151 Å². The molecule has 0 N–H and O–H groups in total. The van der Waals surface area contributed by atoms with E-state index in [-0.39, 0.29) is 0 Å². The van der Waals surface area contributed by atoms with E-state index < -0.39 is 0 Å². The number of fused-ring (bicyclic) bond motifs is 3. The quantitative estimate of drug-likeness (QED) is 0.122. The van der Waals surface area contributed by atoms with Gasteiger partial charge in [0.2, 0.25) is 0 Å². The van der Waals surface area contributed by atoms with Crippen molar-refractivity contribution >= 4 is 21.8 Å². The van der Waals surface area contributed by atoms with Crippen LogP contribution in [-0.4, -0.2) is 19.5 Å². The van der Waals surface area contributed by atoms with Gasteiger partial charge in [-0.3, -0.25) is 0 Å². The lowest BCUT2D eigenvalue weighted by Gasteiger charge is -2.22. The van der Waals surface area contributed by atoms with Crippen LogP contribution < -0.4 is 0 Å². The van der Waals surface area contributed by atoms with Gasteiger partial charge in [-0.15, -0.1) is 0 Å². The fourth-order valence-corrected chi connectivity index (χ4v) is 12.1. The molecule has 0 fully saturated rings. The molecule has 0 amide bonds. The minimum absolute atomic E-state index is 0.567. The molecule has 0 saturated carbocycles. The summed E-state index contributed by atoms with van der Waals surface area (Å²) in [5, 5.41) is 2.34. The summed E-state index contributed by atoms with van der Waals surface area (Å²) < 4.78 is 2.57. The van der Waals surface area contributed by atoms with Crippen LogP contribution >= 0.6 is 0 Å². The largest absolute Gasteiger partial charge is 0.308 e. The Morgan fingerprint density at radius 2 is 0.400 bits per heavy atom. The van der Waals surface area contributed by atoms with E-state index in [1.807, 2.05) is 12.1 Å². The molecule has 0 unspecified atom stereocenters. The monoisotopic (exact) mass is 1080 g/mol. The molecule has 0 aliphatic rings. The van der Waals surface area contributed by atoms with Gasteiger partial charge in [0.15, 0.2) is 17.5 Å². The predicted molar refractivity (Wildman–Crippen MR) is 354 cm³/mol. The number of benzene rings is 13. The first-order valence-corrected chi connectivity index (χ1v) is 28.9. The second kappa shape index (κ2) is 22.2. The van der Waals surface area contributed by atoms with Crippen LogP contribution in [0.2, 0.25) is 0 Å². The van der Waals surface area contributed by atoms with Crippen molar-refractivity contribution in [3.05, 3.63) is 328 Å². The zero-order valence-electron chi connectivity index (χ0n) is 46.5. The fourth-order valence-electron chi connectivity index (χ4n) is 12.1. The first kappa shape index (κ1) is 50.6. The van der Waals surface area contributed by atoms with E-state index in [0.717, 1.165) is 122 Å². The van der Waals surface area contributed by atoms with E-state index in [4.69, 9.17) is 15.0 Å². The van der Waals surface area contributed by atoms with Gasteiger partial charge in [0.25, 0.3) is 0 Å². The van der Waals surface area contributed by atoms with E-state index in [9.17, 15) is 0 Å². The lowest BCUT2D eigenvalue weighted by Crippen LogP contribution is -2.04. The second-order valence-electron chi connectivity index (χ2n) is 21.5. The van der Waals surface area contributed by atoms with Crippen molar-refractivity contribution in [3.8, 4) is 129 Å². The molecule has 13 aromatic carbocycles. The van der Waals surface area contributed by atoms with Gasteiger partial charge in [-0.05, 0) is 114 Å². The Bertz CT molecular complexity index is 4540. The van der Waals surface area contributed by atoms with Crippen molar-refractivity contribution in [2.24, 2.45) is 0 Å². The maximum Gasteiger partial charge on any atom is 0.164 e. The SMILES string of the molecule is c1ccc(-c2ccc(-c3nc(-c4ccc(-c5ccccc5)cc4)nc(-c4cc(-c5ccccc5)c(-n5c6cc(-c7ccccc7)cc(-c7ccccc7)c6c6c(-c7ccccc7)cc(-c7ccccc7)cc65)c(-c5ccccc5)c4)n3)cc2)cc1. The molecule has 2 heterocycles. The summed E-state index contributed by atoms with van der Waals surface area (Å²) >= 11 is 0. The molecule has 15 rings (SSSR count). The van der Waals surface area contributed by atoms with Crippen molar-refractivity contribution in [2.75, 3.05) is 0 Å². The van der Waals surface area contributed by atoms with Gasteiger partial charge in [0.05, 0.1) is 16.7 Å². The molecule has 2 aromatic heterocycles. The highest BCUT2D eigenvalue weighted by atomic mass is 15.0. The van der Waals surface area contributed by atoms with Crippen LogP contribution in [0, 0.1) is 0 Å². The van der Waals surface area contributed by atoms with E-state index >= 15 is 0 Å². The number of nitrogens with zero attached hydrogens (tertiary/aromatic N) is 4. The van der Waals surface area contributed by atoms with Crippen molar-refractivity contribution in [2.45, 2.75) is 0 Å². The Kier molecular flexibility index (Phi) is 13.2. The molecule has 15 aromatic rings. The van der Waals surface area contributed by atoms with Gasteiger partial charge in [-0.1, -0.05) is 291 Å². The number of aromatic nitrogens is 4. The molecule has 0 saturated heterocycles. The maximum absolute atomic E-state index is 5.48. The smallest absolute Gasteiger partial charge is 0.164 e. The number of hydrogen-bond donors (Lipinski definition) is 0. The Morgan fingerprint density at radius 1 is 0.176 bits per heavy atom. The Morgan fingerprint density at radius 3 is 0.706 bits per heavy atom. The van der Waals surface area contributed by atoms with Gasteiger partial charge < -0.3 is 4.57 Å². The highest BCUT2D eigenvalue weighted by molar-refractivity contribution is 6.23. The third kappa shape index (κ3) is 9.78. The molecular formula is C81H54N4. The zero-order valence-corrected chi connectivity index (χ0v) is 46.5. The average Bonchev–Trinajstić information content (AvgIpc) is 1.85. The molecule has 0 radical (unpaired) electrons. The summed E-state index contributed by atoms with van der Waals surface area (Å²) in [5.41, 5.74) is 23.7. The highest BCUT2D eigenvalue weighted by Gasteiger charge is 2.27. The predicted octanol–water partition coefficient (Wildman–Crippen LogP) is 21.3. The van der Waals surface area contributed by atoms with Gasteiger partial charge >= 0.3 is 0 Å². The normalized spacial score (nSPS) is 11.3. The minimum atomic E-state index is 0.567. The summed E-state index contributed by atoms with van der Waals surface area (Å²) in [6.45, 7) is 0. The first-order valence-electron chi connectivity index (χ1n) is 28.9. The van der Waals surface area contributed by atoms with Crippen LogP contribution in [0.1, 0.15) is 0 Å². The molecule has 0 aliphatic carbocycles. The van der Waals surface area contributed by atoms with E-state index in [0.29, 0.717) is 17.5 Å². The average molecular weight is 1080 g/mol. The Labute approximate surface area is 495 Å². The van der Waals surface area contributed by atoms with Crippen LogP contribution in [0.5, 0.6) is 0 Å². The third-order valence-corrected chi connectivity index (χ3v) is 16.2. The van der Waals surface area contributed by atoms with Crippen LogP contribution in [0.15, 0.2) is 328 Å². The first-order chi connectivity index (χ1) is 42.1. The molecule has 4 heteroatoms. The summed E-state index contributed by atoms with van der Waals surface area (Å²) in [6.07, 6.45) is 0. The fraction of sp³-hybridized carbons (Fsp3) is 0. The van der Waals surface area contributed by atoms with Crippen molar-refractivity contribution < 1.29 is 0 Å². The highest BCUT2D eigenvalue weighted by Crippen LogP contribution is 2.50. The molecule has 0 atom stereocenters. The summed E-state index contributed by atoms with van der Waals surface area (Å²) in [4.78, 5) is 16.3. The van der Waals surface area contributed by atoms with Gasteiger partial charge in [-0.2, -0.15) is 0 Å². The molecule has 398 valence electrons. The van der Waals surface area contributed by atoms with Crippen molar-refractivity contribution in [1.29, 1.82) is 0 Å². The minimum Gasteiger partial charge on any atom is -0.308 e. The lowest BCUT2D eigenvalue weighted by molar-refractivity contribution is 1.07. The topological polar surface area (TPSA) is 43.6 Å². The molecule has 4 nitrogen and oxygen atoms in total. The zero-order chi connectivity index (χ0) is 56.5. The molecule has 85 heavy (non-hydrogen) atoms. The second-order valence-corrected chi connectivity index (χ2v) is 21.5. The summed E-state index contributed by atoms with van der Waals surface area (Å²) in [7, 11) is 0. The van der Waals surface area contributed by atoms with E-state index in [1.54, 1.807) is 0 Å². The summed E-state index contributed by atoms with van der Waals surface area (Å²) in [6, 6.07) is 117. The van der Waals surface area contributed by atoms with E-state index in [1.165, 1.54) is 10.8 Å². The molecule has 0 bridgehead atoms. The van der Waals surface area contributed by atoms with Crippen LogP contribution in [-0.2, 0) is 0 Å². The Hall–Kier alpha value is -11.3. The maximum atomic E-state index is 5.48. The van der Waals surface area contributed by atoms with Gasteiger partial charge in [-0.25, -0.2) is 15.0 Å². The lowest BCUT2D eigenvalue weighted by atomic mass is 9.90. The third-order valence-electron chi connectivity index (χ3n) is 16.2. The van der Waals surface area contributed by atoms with Gasteiger partial charge in [0.1, 0.15) is 0 Å². The molecule has 0 aliphatic heterocycles. The Balaban J connectivity index is 1.06. The molecular weight excluding hydrogens is 1030 g/mol. The van der Waals surface area contributed by atoms with Crippen LogP contribution in [0.4, 0.5) is 0 Å². The van der Waals surface area contributed by atoms with Crippen molar-refractivity contribution in [1.82, 2.24) is 19.5 Å².